The Morgan fingerprint density at radius 1 is 1.06 bits per heavy atom. The molecule has 2 aliphatic rings. The number of hydrogen-bond acceptors (Lipinski definition) is 6. The molecule has 0 saturated carbocycles. The van der Waals surface area contributed by atoms with Gasteiger partial charge in [0.2, 0.25) is 0 Å². The number of urea groups is 1. The molecule has 6 nitrogen and oxygen atoms in total. The Labute approximate surface area is 209 Å². The van der Waals surface area contributed by atoms with Crippen molar-refractivity contribution in [2.24, 2.45) is 0 Å². The number of esters is 1. The van der Waals surface area contributed by atoms with Crippen LogP contribution in [0.5, 0.6) is 0 Å². The minimum absolute atomic E-state index is 0.133. The number of fused-ring (bicyclic) bond motifs is 2. The van der Waals surface area contributed by atoms with Gasteiger partial charge in [0.25, 0.3) is 0 Å². The first-order valence-electron chi connectivity index (χ1n) is 11.6. The summed E-state index contributed by atoms with van der Waals surface area (Å²) in [6.45, 7) is 4.98. The lowest BCUT2D eigenvalue weighted by Crippen LogP contribution is -2.30. The molecule has 2 aliphatic carbocycles. The van der Waals surface area contributed by atoms with Crippen LogP contribution in [0.2, 0.25) is 0 Å². The molecular weight excluding hydrogens is 501 g/mol. The predicted molar refractivity (Wildman–Crippen MR) is 129 cm³/mol. The fourth-order valence-corrected chi connectivity index (χ4v) is 7.14. The smallest absolute Gasteiger partial charge is 0.425 e. The van der Waals surface area contributed by atoms with Crippen molar-refractivity contribution < 1.29 is 32.6 Å². The summed E-state index contributed by atoms with van der Waals surface area (Å²) >= 11 is 1.97. The maximum absolute atomic E-state index is 13.7. The Morgan fingerprint density at radius 3 is 2.46 bits per heavy atom. The summed E-state index contributed by atoms with van der Waals surface area (Å²) in [5, 5.41) is 15.5. The molecule has 2 aromatic rings. The van der Waals surface area contributed by atoms with Crippen LogP contribution in [-0.4, -0.2) is 28.8 Å². The van der Waals surface area contributed by atoms with Gasteiger partial charge in [0.05, 0.1) is 11.7 Å². The molecule has 3 N–H and O–H groups in total. The number of amides is 2. The number of rotatable bonds is 4. The molecule has 0 aromatic carbocycles. The minimum Gasteiger partial charge on any atom is -0.456 e. The average Bonchev–Trinajstić information content (AvgIpc) is 3.28. The van der Waals surface area contributed by atoms with Crippen molar-refractivity contribution in [3.05, 3.63) is 36.9 Å². The Bertz CT molecular complexity index is 1130. The van der Waals surface area contributed by atoms with Crippen LogP contribution in [0.1, 0.15) is 81.7 Å². The average molecular weight is 531 g/mol. The zero-order valence-corrected chi connectivity index (χ0v) is 21.5. The summed E-state index contributed by atoms with van der Waals surface area (Å²) in [6.07, 6.45) is -0.780. The highest BCUT2D eigenvalue weighted by molar-refractivity contribution is 7.17. The zero-order valence-electron chi connectivity index (χ0n) is 19.9. The number of aliphatic hydroxyl groups is 1. The summed E-state index contributed by atoms with van der Waals surface area (Å²) in [4.78, 5) is 26.6. The second-order valence-electron chi connectivity index (χ2n) is 9.93. The summed E-state index contributed by atoms with van der Waals surface area (Å²) in [5.74, 6) is -0.576. The molecule has 4 rings (SSSR count). The van der Waals surface area contributed by atoms with Crippen LogP contribution in [0.4, 0.5) is 23.0 Å². The van der Waals surface area contributed by atoms with Gasteiger partial charge in [-0.1, -0.05) is 0 Å². The van der Waals surface area contributed by atoms with Crippen molar-refractivity contribution in [2.45, 2.75) is 90.1 Å². The lowest BCUT2D eigenvalue weighted by Gasteiger charge is -2.22. The molecule has 0 spiro atoms. The molecular formula is C24H29F3N2O4S2. The number of halogens is 3. The van der Waals surface area contributed by atoms with E-state index in [0.29, 0.717) is 37.7 Å². The predicted octanol–water partition coefficient (Wildman–Crippen LogP) is 5.83. The summed E-state index contributed by atoms with van der Waals surface area (Å²) in [5.41, 5.74) is 1.09. The molecule has 2 aromatic heterocycles. The fraction of sp³-hybridized carbons (Fsp3) is 0.583. The number of anilines is 1. The summed E-state index contributed by atoms with van der Waals surface area (Å²) in [7, 11) is 0. The van der Waals surface area contributed by atoms with E-state index in [-0.39, 0.29) is 22.7 Å². The van der Waals surface area contributed by atoms with Crippen molar-refractivity contribution in [3.63, 3.8) is 0 Å². The Hall–Kier alpha value is -2.11. The van der Waals surface area contributed by atoms with E-state index in [1.54, 1.807) is 20.8 Å². The van der Waals surface area contributed by atoms with Crippen molar-refractivity contribution in [1.82, 2.24) is 5.32 Å². The van der Waals surface area contributed by atoms with Gasteiger partial charge in [-0.3, -0.25) is 5.32 Å². The molecule has 35 heavy (non-hydrogen) atoms. The van der Waals surface area contributed by atoms with Gasteiger partial charge in [-0.15, -0.1) is 22.7 Å². The van der Waals surface area contributed by atoms with E-state index in [0.717, 1.165) is 39.5 Å². The van der Waals surface area contributed by atoms with Gasteiger partial charge in [0.1, 0.15) is 15.5 Å². The molecule has 0 saturated heterocycles. The van der Waals surface area contributed by atoms with Gasteiger partial charge >= 0.3 is 18.2 Å². The first-order valence-corrected chi connectivity index (χ1v) is 13.3. The number of carbonyl (C=O) groups excluding carboxylic acids is 2. The molecule has 0 radical (unpaired) electrons. The highest BCUT2D eigenvalue weighted by atomic mass is 32.1. The number of aliphatic hydroxyl groups excluding tert-OH is 1. The first kappa shape index (κ1) is 26.0. The number of thiophene rings is 2. The third-order valence-corrected chi connectivity index (χ3v) is 8.58. The van der Waals surface area contributed by atoms with Gasteiger partial charge in [-0.25, -0.2) is 9.59 Å². The number of alkyl halides is 3. The third kappa shape index (κ3) is 5.83. The molecule has 192 valence electrons. The van der Waals surface area contributed by atoms with E-state index in [2.05, 4.69) is 10.6 Å². The number of ether oxygens (including phenoxy) is 1. The Morgan fingerprint density at radius 2 is 1.77 bits per heavy atom. The second-order valence-corrected chi connectivity index (χ2v) is 12.1. The maximum atomic E-state index is 13.7. The lowest BCUT2D eigenvalue weighted by molar-refractivity contribution is -0.135. The van der Waals surface area contributed by atoms with E-state index in [9.17, 15) is 27.9 Å². The molecule has 1 atom stereocenters. The van der Waals surface area contributed by atoms with Gasteiger partial charge in [0.15, 0.2) is 0 Å². The molecule has 0 aliphatic heterocycles. The molecule has 2 amide bonds. The normalized spacial score (nSPS) is 18.0. The van der Waals surface area contributed by atoms with E-state index >= 15 is 0 Å². The van der Waals surface area contributed by atoms with Gasteiger partial charge in [-0.2, -0.15) is 13.2 Å². The van der Waals surface area contributed by atoms with Crippen LogP contribution in [0, 0.1) is 0 Å². The number of carbonyl (C=O) groups is 2. The standard InChI is InChI=1S/C24H29F3N2O4S2/c1-23(2,3)33-21(31)18-14-9-8-12(30)10-17(14)35-20(18)29-22(32)28-11-15-13-6-4-5-7-16(13)34-19(15)24(25,26)27/h12,30H,4-11H2,1-3H3,(H2,28,29,32). The van der Waals surface area contributed by atoms with Crippen molar-refractivity contribution in [1.29, 1.82) is 0 Å². The minimum atomic E-state index is -4.48. The van der Waals surface area contributed by atoms with Crippen LogP contribution in [-0.2, 0) is 43.1 Å². The maximum Gasteiger partial charge on any atom is 0.425 e. The SMILES string of the molecule is CC(C)(C)OC(=O)c1c(NC(=O)NCc2c(C(F)(F)F)sc3c2CCCC3)sc2c1CCC(O)C2. The number of hydrogen-bond donors (Lipinski definition) is 3. The topological polar surface area (TPSA) is 87.7 Å². The monoisotopic (exact) mass is 530 g/mol. The van der Waals surface area contributed by atoms with E-state index in [1.165, 1.54) is 11.3 Å². The molecule has 0 fully saturated rings. The Kier molecular flexibility index (Phi) is 7.23. The first-order chi connectivity index (χ1) is 16.3. The van der Waals surface area contributed by atoms with Crippen LogP contribution >= 0.6 is 22.7 Å². The van der Waals surface area contributed by atoms with Gasteiger partial charge < -0.3 is 15.2 Å². The largest absolute Gasteiger partial charge is 0.456 e. The fourth-order valence-electron chi connectivity index (χ4n) is 4.56. The highest BCUT2D eigenvalue weighted by Gasteiger charge is 2.38. The lowest BCUT2D eigenvalue weighted by atomic mass is 9.93. The van der Waals surface area contributed by atoms with Crippen molar-refractivity contribution in [2.75, 3.05) is 5.32 Å². The Balaban J connectivity index is 1.55. The molecule has 1 unspecified atom stereocenters. The van der Waals surface area contributed by atoms with Crippen LogP contribution in [0.3, 0.4) is 0 Å². The van der Waals surface area contributed by atoms with Crippen molar-refractivity contribution >= 4 is 39.7 Å². The van der Waals surface area contributed by atoms with Gasteiger partial charge in [0, 0.05) is 22.7 Å². The second kappa shape index (κ2) is 9.74. The van der Waals surface area contributed by atoms with Crippen LogP contribution < -0.4 is 10.6 Å². The van der Waals surface area contributed by atoms with Gasteiger partial charge in [-0.05, 0) is 76.0 Å². The van der Waals surface area contributed by atoms with E-state index < -0.39 is 34.8 Å². The quantitative estimate of drug-likeness (QED) is 0.434. The third-order valence-electron chi connectivity index (χ3n) is 6.03. The van der Waals surface area contributed by atoms with Crippen molar-refractivity contribution in [3.8, 4) is 0 Å². The molecule has 0 bridgehead atoms. The number of aryl methyl sites for hydroxylation is 1. The van der Waals surface area contributed by atoms with Crippen LogP contribution in [0.25, 0.3) is 0 Å². The molecule has 2 heterocycles. The summed E-state index contributed by atoms with van der Waals surface area (Å²) < 4.78 is 46.5. The summed E-state index contributed by atoms with van der Waals surface area (Å²) in [6, 6.07) is -0.696. The highest BCUT2D eigenvalue weighted by Crippen LogP contribution is 2.43. The number of nitrogens with one attached hydrogen (secondary N) is 2. The van der Waals surface area contributed by atoms with E-state index in [1.807, 2.05) is 0 Å². The van der Waals surface area contributed by atoms with Crippen LogP contribution in [0.15, 0.2) is 0 Å². The van der Waals surface area contributed by atoms with E-state index in [4.69, 9.17) is 4.74 Å². The zero-order chi connectivity index (χ0) is 25.5. The molecule has 11 heteroatoms.